The molecule has 5 heteroatoms. The quantitative estimate of drug-likeness (QED) is 0.657. The van der Waals surface area contributed by atoms with E-state index in [1.807, 2.05) is 6.07 Å². The molecule has 0 radical (unpaired) electrons. The Labute approximate surface area is 149 Å². The second-order valence-corrected chi connectivity index (χ2v) is 5.56. The number of benzene rings is 2. The van der Waals surface area contributed by atoms with Gasteiger partial charge in [0.2, 0.25) is 0 Å². The molecule has 0 unspecified atom stereocenters. The SMILES string of the molecule is N#C[C@@H](C(=O)c1ccccc1C(=O)c1ccc(F)cc1)c1ccccn1. The normalized spacial score (nSPS) is 11.4. The van der Waals surface area contributed by atoms with Crippen LogP contribution in [-0.4, -0.2) is 16.6 Å². The Morgan fingerprint density at radius 2 is 1.58 bits per heavy atom. The topological polar surface area (TPSA) is 70.8 Å². The molecule has 1 heterocycles. The summed E-state index contributed by atoms with van der Waals surface area (Å²) in [7, 11) is 0. The van der Waals surface area contributed by atoms with Crippen molar-refractivity contribution in [3.63, 3.8) is 0 Å². The van der Waals surface area contributed by atoms with E-state index in [0.29, 0.717) is 5.69 Å². The maximum atomic E-state index is 13.1. The predicted octanol–water partition coefficient (Wildman–Crippen LogP) is 3.94. The zero-order valence-electron chi connectivity index (χ0n) is 13.6. The zero-order chi connectivity index (χ0) is 18.5. The van der Waals surface area contributed by atoms with Crippen LogP contribution in [0, 0.1) is 17.1 Å². The van der Waals surface area contributed by atoms with E-state index in [2.05, 4.69) is 4.98 Å². The zero-order valence-corrected chi connectivity index (χ0v) is 13.6. The van der Waals surface area contributed by atoms with Crippen LogP contribution in [0.4, 0.5) is 4.39 Å². The third-order valence-corrected chi connectivity index (χ3v) is 3.92. The number of nitrogens with zero attached hydrogens (tertiary/aromatic N) is 2. The Balaban J connectivity index is 2.01. The van der Waals surface area contributed by atoms with Crippen LogP contribution in [0.5, 0.6) is 0 Å². The van der Waals surface area contributed by atoms with E-state index in [4.69, 9.17) is 0 Å². The van der Waals surface area contributed by atoms with E-state index in [9.17, 15) is 19.2 Å². The average molecular weight is 344 g/mol. The molecule has 0 aliphatic carbocycles. The Morgan fingerprint density at radius 1 is 0.923 bits per heavy atom. The van der Waals surface area contributed by atoms with Crippen molar-refractivity contribution in [3.8, 4) is 6.07 Å². The first-order valence-electron chi connectivity index (χ1n) is 7.86. The average Bonchev–Trinajstić information content (AvgIpc) is 2.69. The lowest BCUT2D eigenvalue weighted by Crippen LogP contribution is -2.17. The Bertz CT molecular complexity index is 993. The van der Waals surface area contributed by atoms with E-state index >= 15 is 0 Å². The Kier molecular flexibility index (Phi) is 4.95. The van der Waals surface area contributed by atoms with Crippen molar-refractivity contribution in [2.24, 2.45) is 0 Å². The molecule has 0 bridgehead atoms. The van der Waals surface area contributed by atoms with Gasteiger partial charge in [0, 0.05) is 22.9 Å². The summed E-state index contributed by atoms with van der Waals surface area (Å²) in [6.07, 6.45) is 1.50. The maximum absolute atomic E-state index is 13.1. The second-order valence-electron chi connectivity index (χ2n) is 5.56. The minimum Gasteiger partial charge on any atom is -0.292 e. The van der Waals surface area contributed by atoms with Crippen LogP contribution in [0.2, 0.25) is 0 Å². The summed E-state index contributed by atoms with van der Waals surface area (Å²) in [6.45, 7) is 0. The van der Waals surface area contributed by atoms with E-state index in [-0.39, 0.29) is 16.7 Å². The molecule has 1 aromatic heterocycles. The van der Waals surface area contributed by atoms with Gasteiger partial charge in [-0.1, -0.05) is 30.3 Å². The van der Waals surface area contributed by atoms with Gasteiger partial charge in [-0.05, 0) is 36.4 Å². The van der Waals surface area contributed by atoms with Crippen molar-refractivity contribution in [1.29, 1.82) is 5.26 Å². The number of aromatic nitrogens is 1. The van der Waals surface area contributed by atoms with Crippen molar-refractivity contribution < 1.29 is 14.0 Å². The lowest BCUT2D eigenvalue weighted by Gasteiger charge is -2.11. The van der Waals surface area contributed by atoms with Crippen LogP contribution in [0.3, 0.4) is 0 Å². The Hall–Kier alpha value is -3.65. The smallest absolute Gasteiger partial charge is 0.193 e. The van der Waals surface area contributed by atoms with Gasteiger partial charge in [0.25, 0.3) is 0 Å². The Morgan fingerprint density at radius 3 is 2.19 bits per heavy atom. The lowest BCUT2D eigenvalue weighted by atomic mass is 9.89. The maximum Gasteiger partial charge on any atom is 0.193 e. The molecule has 0 aliphatic heterocycles. The van der Waals surface area contributed by atoms with Crippen LogP contribution in [0.1, 0.15) is 37.9 Å². The minimum absolute atomic E-state index is 0.138. The molecule has 0 amide bonds. The predicted molar refractivity (Wildman–Crippen MR) is 93.2 cm³/mol. The highest BCUT2D eigenvalue weighted by molar-refractivity contribution is 6.17. The first-order valence-corrected chi connectivity index (χ1v) is 7.86. The van der Waals surface area contributed by atoms with Crippen LogP contribution in [-0.2, 0) is 0 Å². The third-order valence-electron chi connectivity index (χ3n) is 3.92. The van der Waals surface area contributed by atoms with Gasteiger partial charge in [-0.25, -0.2) is 4.39 Å². The summed E-state index contributed by atoms with van der Waals surface area (Å²) >= 11 is 0. The molecule has 0 saturated carbocycles. The molecule has 0 spiro atoms. The third kappa shape index (κ3) is 3.40. The van der Waals surface area contributed by atoms with Crippen LogP contribution < -0.4 is 0 Å². The molecule has 3 aromatic rings. The molecular formula is C21H13FN2O2. The molecule has 2 aromatic carbocycles. The molecule has 0 fully saturated rings. The molecule has 3 rings (SSSR count). The van der Waals surface area contributed by atoms with E-state index < -0.39 is 23.3 Å². The number of hydrogen-bond acceptors (Lipinski definition) is 4. The first kappa shape index (κ1) is 17.2. The van der Waals surface area contributed by atoms with E-state index in [1.165, 1.54) is 42.6 Å². The fourth-order valence-electron chi connectivity index (χ4n) is 2.61. The van der Waals surface area contributed by atoms with Gasteiger partial charge in [0.05, 0.1) is 11.8 Å². The van der Waals surface area contributed by atoms with Crippen molar-refractivity contribution in [2.45, 2.75) is 5.92 Å². The lowest BCUT2D eigenvalue weighted by molar-refractivity contribution is 0.0963. The second kappa shape index (κ2) is 7.49. The van der Waals surface area contributed by atoms with Gasteiger partial charge in [-0.3, -0.25) is 14.6 Å². The molecule has 4 nitrogen and oxygen atoms in total. The summed E-state index contributed by atoms with van der Waals surface area (Å²) in [5, 5.41) is 9.45. The highest BCUT2D eigenvalue weighted by Crippen LogP contribution is 2.23. The van der Waals surface area contributed by atoms with Gasteiger partial charge >= 0.3 is 0 Å². The highest BCUT2D eigenvalue weighted by atomic mass is 19.1. The summed E-state index contributed by atoms with van der Waals surface area (Å²) in [5.41, 5.74) is 0.890. The van der Waals surface area contributed by atoms with E-state index in [0.717, 1.165) is 0 Å². The minimum atomic E-state index is -1.11. The van der Waals surface area contributed by atoms with Gasteiger partial charge in [-0.15, -0.1) is 0 Å². The van der Waals surface area contributed by atoms with Gasteiger partial charge in [0.1, 0.15) is 5.82 Å². The van der Waals surface area contributed by atoms with E-state index in [1.54, 1.807) is 30.3 Å². The number of carbonyl (C=O) groups excluding carboxylic acids is 2. The van der Waals surface area contributed by atoms with Crippen molar-refractivity contribution >= 4 is 11.6 Å². The molecule has 126 valence electrons. The number of Topliss-reactive ketones (excluding diaryl/α,β-unsaturated/α-hetero) is 1. The number of carbonyl (C=O) groups is 2. The number of ketones is 2. The number of hydrogen-bond donors (Lipinski definition) is 0. The fraction of sp³-hybridized carbons (Fsp3) is 0.0476. The van der Waals surface area contributed by atoms with Crippen LogP contribution in [0.25, 0.3) is 0 Å². The number of pyridine rings is 1. The van der Waals surface area contributed by atoms with Gasteiger partial charge in [-0.2, -0.15) is 5.26 Å². The van der Waals surface area contributed by atoms with Gasteiger partial charge in [0.15, 0.2) is 17.5 Å². The van der Waals surface area contributed by atoms with Crippen molar-refractivity contribution in [2.75, 3.05) is 0 Å². The molecule has 26 heavy (non-hydrogen) atoms. The summed E-state index contributed by atoms with van der Waals surface area (Å²) in [4.78, 5) is 29.7. The molecular weight excluding hydrogens is 331 g/mol. The van der Waals surface area contributed by atoms with Crippen molar-refractivity contribution in [3.05, 3.63) is 101 Å². The molecule has 1 atom stereocenters. The highest BCUT2D eigenvalue weighted by Gasteiger charge is 2.27. The number of nitriles is 1. The van der Waals surface area contributed by atoms with Crippen LogP contribution >= 0.6 is 0 Å². The fourth-order valence-corrected chi connectivity index (χ4v) is 2.61. The number of halogens is 1. The van der Waals surface area contributed by atoms with Crippen molar-refractivity contribution in [1.82, 2.24) is 4.98 Å². The number of rotatable bonds is 5. The summed E-state index contributed by atoms with van der Waals surface area (Å²) in [5.74, 6) is -2.48. The molecule has 0 saturated heterocycles. The van der Waals surface area contributed by atoms with Crippen LogP contribution in [0.15, 0.2) is 72.9 Å². The monoisotopic (exact) mass is 344 g/mol. The first-order chi connectivity index (χ1) is 12.6. The summed E-state index contributed by atoms with van der Waals surface area (Å²) < 4.78 is 13.1. The molecule has 0 aliphatic rings. The molecule has 0 N–H and O–H groups in total. The van der Waals surface area contributed by atoms with Gasteiger partial charge < -0.3 is 0 Å². The largest absolute Gasteiger partial charge is 0.292 e. The standard InChI is InChI=1S/C21H13FN2O2/c22-15-10-8-14(9-11-15)20(25)16-5-1-2-6-17(16)21(26)18(13-23)19-7-3-4-12-24-19/h1-12,18H/t18-/m1/s1. The summed E-state index contributed by atoms with van der Waals surface area (Å²) in [6, 6.07) is 18.3.